The van der Waals surface area contributed by atoms with E-state index in [0.29, 0.717) is 0 Å². The van der Waals surface area contributed by atoms with Crippen molar-refractivity contribution in [1.82, 2.24) is 4.57 Å². The lowest BCUT2D eigenvalue weighted by Crippen LogP contribution is -2.10. The Balaban J connectivity index is 1.11. The van der Waals surface area contributed by atoms with E-state index in [2.05, 4.69) is 228 Å². The Hall–Kier alpha value is -7.16. The van der Waals surface area contributed by atoms with Gasteiger partial charge in [0.2, 0.25) is 0 Å². The number of rotatable bonds is 7. The number of nitrogens with zero attached hydrogens (tertiary/aromatic N) is 2. The van der Waals surface area contributed by atoms with Crippen LogP contribution >= 0.6 is 0 Å². The maximum Gasteiger partial charge on any atom is 0.0541 e. The van der Waals surface area contributed by atoms with Gasteiger partial charge in [0.15, 0.2) is 0 Å². The van der Waals surface area contributed by atoms with E-state index < -0.39 is 0 Å². The molecule has 10 rings (SSSR count). The van der Waals surface area contributed by atoms with Gasteiger partial charge in [0.05, 0.1) is 16.7 Å². The molecule has 9 aromatic carbocycles. The van der Waals surface area contributed by atoms with Gasteiger partial charge in [-0.25, -0.2) is 0 Å². The predicted octanol–water partition coefficient (Wildman–Crippen LogP) is 14.4. The van der Waals surface area contributed by atoms with Crippen molar-refractivity contribution in [3.63, 3.8) is 0 Å². The average Bonchev–Trinajstić information content (AvgIpc) is 3.59. The predicted molar refractivity (Wildman–Crippen MR) is 229 cm³/mol. The summed E-state index contributed by atoms with van der Waals surface area (Å²) in [4.78, 5) is 2.38. The smallest absolute Gasteiger partial charge is 0.0541 e. The van der Waals surface area contributed by atoms with E-state index in [1.165, 1.54) is 66.0 Å². The zero-order valence-corrected chi connectivity index (χ0v) is 29.7. The van der Waals surface area contributed by atoms with Crippen LogP contribution in [0.3, 0.4) is 0 Å². The van der Waals surface area contributed by atoms with Gasteiger partial charge < -0.3 is 9.47 Å². The van der Waals surface area contributed by atoms with Crippen LogP contribution in [0.4, 0.5) is 17.1 Å². The van der Waals surface area contributed by atoms with Crippen LogP contribution in [0.2, 0.25) is 0 Å². The highest BCUT2D eigenvalue weighted by atomic mass is 15.1. The Morgan fingerprint density at radius 1 is 0.296 bits per heavy atom. The molecule has 0 saturated heterocycles. The molecule has 1 heterocycles. The molecule has 2 nitrogen and oxygen atoms in total. The molecule has 0 aliphatic rings. The molecule has 0 atom stereocenters. The molecule has 254 valence electrons. The molecule has 2 heteroatoms. The van der Waals surface area contributed by atoms with Gasteiger partial charge in [-0.15, -0.1) is 0 Å². The van der Waals surface area contributed by atoms with Crippen molar-refractivity contribution in [3.05, 3.63) is 218 Å². The number of aromatic nitrogens is 1. The van der Waals surface area contributed by atoms with Crippen LogP contribution in [0.25, 0.3) is 71.6 Å². The van der Waals surface area contributed by atoms with Gasteiger partial charge in [-0.1, -0.05) is 158 Å². The highest BCUT2D eigenvalue weighted by Crippen LogP contribution is 2.43. The van der Waals surface area contributed by atoms with E-state index in [1.54, 1.807) is 0 Å². The molecule has 0 aliphatic carbocycles. The molecule has 0 aliphatic heterocycles. The van der Waals surface area contributed by atoms with E-state index >= 15 is 0 Å². The van der Waals surface area contributed by atoms with Gasteiger partial charge in [0, 0.05) is 33.2 Å². The van der Waals surface area contributed by atoms with Crippen molar-refractivity contribution in [2.75, 3.05) is 4.90 Å². The van der Waals surface area contributed by atoms with Crippen molar-refractivity contribution in [1.29, 1.82) is 0 Å². The second kappa shape index (κ2) is 13.4. The summed E-state index contributed by atoms with van der Waals surface area (Å²) in [5, 5.41) is 4.90. The Labute approximate surface area is 315 Å². The lowest BCUT2D eigenvalue weighted by molar-refractivity contribution is 1.18. The van der Waals surface area contributed by atoms with Crippen LogP contribution in [0.5, 0.6) is 0 Å². The first kappa shape index (κ1) is 31.6. The number of anilines is 3. The van der Waals surface area contributed by atoms with Crippen LogP contribution in [-0.4, -0.2) is 4.57 Å². The molecule has 54 heavy (non-hydrogen) atoms. The summed E-state index contributed by atoms with van der Waals surface area (Å²) in [7, 11) is 0. The number of hydrogen-bond donors (Lipinski definition) is 0. The summed E-state index contributed by atoms with van der Waals surface area (Å²) in [6.45, 7) is 0. The number of benzene rings is 9. The lowest BCUT2D eigenvalue weighted by Gasteiger charge is -2.27. The molecule has 0 radical (unpaired) electrons. The number of para-hydroxylation sites is 2. The normalized spacial score (nSPS) is 11.3. The lowest BCUT2D eigenvalue weighted by atomic mass is 9.95. The van der Waals surface area contributed by atoms with Gasteiger partial charge in [-0.2, -0.15) is 0 Å². The highest BCUT2D eigenvalue weighted by Gasteiger charge is 2.19. The van der Waals surface area contributed by atoms with Crippen molar-refractivity contribution in [2.24, 2.45) is 0 Å². The first-order chi connectivity index (χ1) is 26.8. The third-order valence-corrected chi connectivity index (χ3v) is 10.6. The Morgan fingerprint density at radius 2 is 0.833 bits per heavy atom. The molecule has 0 bridgehead atoms. The summed E-state index contributed by atoms with van der Waals surface area (Å²) in [6.07, 6.45) is 0. The minimum absolute atomic E-state index is 1.12. The molecule has 0 fully saturated rings. The fourth-order valence-corrected chi connectivity index (χ4v) is 8.04. The molecule has 10 aromatic rings. The van der Waals surface area contributed by atoms with Crippen LogP contribution in [0.1, 0.15) is 0 Å². The van der Waals surface area contributed by atoms with Crippen LogP contribution in [0.15, 0.2) is 218 Å². The van der Waals surface area contributed by atoms with E-state index in [9.17, 15) is 0 Å². The topological polar surface area (TPSA) is 8.17 Å². The quantitative estimate of drug-likeness (QED) is 0.162. The van der Waals surface area contributed by atoms with E-state index in [4.69, 9.17) is 0 Å². The third-order valence-electron chi connectivity index (χ3n) is 10.6. The highest BCUT2D eigenvalue weighted by molar-refractivity contribution is 6.12. The van der Waals surface area contributed by atoms with Crippen molar-refractivity contribution in [2.45, 2.75) is 0 Å². The molecule has 0 N–H and O–H groups in total. The van der Waals surface area contributed by atoms with E-state index in [1.807, 2.05) is 0 Å². The summed E-state index contributed by atoms with van der Waals surface area (Å²) in [6, 6.07) is 78.8. The fraction of sp³-hybridized carbons (Fsp3) is 0. The van der Waals surface area contributed by atoms with Crippen LogP contribution < -0.4 is 4.90 Å². The molecule has 0 unspecified atom stereocenters. The van der Waals surface area contributed by atoms with Crippen LogP contribution in [-0.2, 0) is 0 Å². The standard InChI is InChI=1S/C52H36N2/c1-4-15-37(16-5-1)39-27-30-43(31-28-39)53(42-20-8-3-9-21-42)51-34-32-45(46-23-10-11-24-47(46)51)41-29-33-52-49(36-41)48-25-12-13-26-50(48)54(52)44-22-14-19-40(35-44)38-17-6-2-7-18-38/h1-36H. The van der Waals surface area contributed by atoms with Gasteiger partial charge >= 0.3 is 0 Å². The van der Waals surface area contributed by atoms with E-state index in [-0.39, 0.29) is 0 Å². The summed E-state index contributed by atoms with van der Waals surface area (Å²) >= 11 is 0. The van der Waals surface area contributed by atoms with E-state index in [0.717, 1.165) is 22.7 Å². The zero-order valence-electron chi connectivity index (χ0n) is 29.7. The summed E-state index contributed by atoms with van der Waals surface area (Å²) in [5.41, 5.74) is 14.2. The minimum atomic E-state index is 1.12. The van der Waals surface area contributed by atoms with Gasteiger partial charge in [0.1, 0.15) is 0 Å². The fourth-order valence-electron chi connectivity index (χ4n) is 8.04. The number of fused-ring (bicyclic) bond motifs is 4. The molecular weight excluding hydrogens is 653 g/mol. The molecule has 0 spiro atoms. The third kappa shape index (κ3) is 5.53. The Morgan fingerprint density at radius 3 is 1.57 bits per heavy atom. The molecule has 0 amide bonds. The molecule has 1 aromatic heterocycles. The van der Waals surface area contributed by atoms with Gasteiger partial charge in [0.25, 0.3) is 0 Å². The first-order valence-corrected chi connectivity index (χ1v) is 18.5. The van der Waals surface area contributed by atoms with Gasteiger partial charge in [-0.05, 0) is 99.4 Å². The summed E-state index contributed by atoms with van der Waals surface area (Å²) < 4.78 is 2.41. The summed E-state index contributed by atoms with van der Waals surface area (Å²) in [5.74, 6) is 0. The Bertz CT molecular complexity index is 2910. The SMILES string of the molecule is c1ccc(-c2ccc(N(c3ccccc3)c3ccc(-c4ccc5c(c4)c4ccccc4n5-c4cccc(-c5ccccc5)c4)c4ccccc34)cc2)cc1. The van der Waals surface area contributed by atoms with Crippen molar-refractivity contribution < 1.29 is 0 Å². The van der Waals surface area contributed by atoms with Gasteiger partial charge in [-0.3, -0.25) is 0 Å². The molecular formula is C52H36N2. The maximum absolute atomic E-state index is 2.41. The van der Waals surface area contributed by atoms with Crippen molar-refractivity contribution in [3.8, 4) is 39.1 Å². The largest absolute Gasteiger partial charge is 0.310 e. The second-order valence-electron chi connectivity index (χ2n) is 13.8. The number of hydrogen-bond acceptors (Lipinski definition) is 1. The zero-order chi connectivity index (χ0) is 35.8. The first-order valence-electron chi connectivity index (χ1n) is 18.5. The molecule has 0 saturated carbocycles. The monoisotopic (exact) mass is 688 g/mol. The Kier molecular flexibility index (Phi) is 7.85. The van der Waals surface area contributed by atoms with Crippen molar-refractivity contribution >= 4 is 49.6 Å². The second-order valence-corrected chi connectivity index (χ2v) is 13.8. The minimum Gasteiger partial charge on any atom is -0.310 e. The van der Waals surface area contributed by atoms with Crippen LogP contribution in [0, 0.1) is 0 Å². The maximum atomic E-state index is 2.41. The average molecular weight is 689 g/mol.